The predicted octanol–water partition coefficient (Wildman–Crippen LogP) is 5.76. The number of hydrogen-bond acceptors (Lipinski definition) is 5. The number of nitrogens with zero attached hydrogens (tertiary/aromatic N) is 2. The Morgan fingerprint density at radius 1 is 0.930 bits per heavy atom. The van der Waals surface area contributed by atoms with Gasteiger partial charge < -0.3 is 15.0 Å². The van der Waals surface area contributed by atoms with Crippen molar-refractivity contribution in [3.05, 3.63) is 89.5 Å². The zero-order valence-electron chi connectivity index (χ0n) is 25.6. The van der Waals surface area contributed by atoms with Crippen molar-refractivity contribution in [1.29, 1.82) is 0 Å². The fourth-order valence-electron chi connectivity index (χ4n) is 5.54. The molecule has 0 aliphatic heterocycles. The molecule has 0 unspecified atom stereocenters. The zero-order chi connectivity index (χ0) is 31.0. The second kappa shape index (κ2) is 14.6. The number of ether oxygens (including phenoxy) is 1. The third kappa shape index (κ3) is 8.16. The van der Waals surface area contributed by atoms with Crippen LogP contribution in [0.4, 0.5) is 5.69 Å². The van der Waals surface area contributed by atoms with Crippen molar-refractivity contribution in [2.45, 2.75) is 82.8 Å². The van der Waals surface area contributed by atoms with Gasteiger partial charge in [-0.1, -0.05) is 68.1 Å². The quantitative estimate of drug-likeness (QED) is 0.283. The van der Waals surface area contributed by atoms with Gasteiger partial charge in [-0.15, -0.1) is 0 Å². The number of methoxy groups -OCH3 is 1. The van der Waals surface area contributed by atoms with E-state index in [1.165, 1.54) is 4.90 Å². The number of hydrogen-bond donors (Lipinski definition) is 1. The summed E-state index contributed by atoms with van der Waals surface area (Å²) in [4.78, 5) is 29.6. The molecule has 0 spiro atoms. The van der Waals surface area contributed by atoms with Crippen LogP contribution in [-0.4, -0.2) is 50.9 Å². The molecule has 3 aromatic carbocycles. The summed E-state index contributed by atoms with van der Waals surface area (Å²) in [5, 5.41) is 3.18. The Bertz CT molecular complexity index is 1480. The van der Waals surface area contributed by atoms with Crippen LogP contribution < -0.4 is 14.4 Å². The minimum atomic E-state index is -4.10. The highest BCUT2D eigenvalue weighted by Crippen LogP contribution is 2.26. The molecule has 1 N–H and O–H groups in total. The van der Waals surface area contributed by atoms with E-state index in [1.54, 1.807) is 49.6 Å². The average molecular weight is 606 g/mol. The highest BCUT2D eigenvalue weighted by Gasteiger charge is 2.34. The van der Waals surface area contributed by atoms with Gasteiger partial charge in [-0.05, 0) is 80.6 Å². The summed E-state index contributed by atoms with van der Waals surface area (Å²) in [6.45, 7) is 5.33. The molecule has 8 nitrogen and oxygen atoms in total. The van der Waals surface area contributed by atoms with Crippen LogP contribution in [0.2, 0.25) is 0 Å². The lowest BCUT2D eigenvalue weighted by atomic mass is 9.95. The van der Waals surface area contributed by atoms with E-state index in [1.807, 2.05) is 51.1 Å². The highest BCUT2D eigenvalue weighted by molar-refractivity contribution is 7.92. The summed E-state index contributed by atoms with van der Waals surface area (Å²) in [7, 11) is -2.52. The topological polar surface area (TPSA) is 96.0 Å². The molecule has 9 heteroatoms. The summed E-state index contributed by atoms with van der Waals surface area (Å²) in [6.07, 6.45) is 5.53. The molecule has 230 valence electrons. The van der Waals surface area contributed by atoms with Crippen LogP contribution in [0.3, 0.4) is 0 Å². The van der Waals surface area contributed by atoms with Gasteiger partial charge in [-0.3, -0.25) is 13.9 Å². The molecule has 1 aliphatic rings. The van der Waals surface area contributed by atoms with E-state index in [4.69, 9.17) is 4.74 Å². The summed E-state index contributed by atoms with van der Waals surface area (Å²) in [5.74, 6) is 0.0111. The van der Waals surface area contributed by atoms with E-state index in [0.717, 1.165) is 53.1 Å². The van der Waals surface area contributed by atoms with Crippen LogP contribution in [0.1, 0.15) is 62.1 Å². The van der Waals surface area contributed by atoms with Crippen molar-refractivity contribution in [3.63, 3.8) is 0 Å². The first-order valence-electron chi connectivity index (χ1n) is 15.0. The second-order valence-corrected chi connectivity index (χ2v) is 13.2. The minimum Gasteiger partial charge on any atom is -0.497 e. The normalized spacial score (nSPS) is 14.5. The maximum atomic E-state index is 14.3. The number of anilines is 1. The van der Waals surface area contributed by atoms with Crippen LogP contribution in [0.15, 0.2) is 77.7 Å². The van der Waals surface area contributed by atoms with Crippen LogP contribution in [-0.2, 0) is 26.2 Å². The molecular weight excluding hydrogens is 562 g/mol. The van der Waals surface area contributed by atoms with Gasteiger partial charge in [0.2, 0.25) is 11.8 Å². The Kier molecular flexibility index (Phi) is 10.9. The standard InChI is InChI=1S/C34H43N3O5S/c1-5-32(34(39)35-28-11-7-6-8-12-28)36(23-27-16-18-30(42-4)19-17-27)33(38)24-37(29-13-9-10-26(3)22-29)43(40,41)31-20-14-25(2)15-21-31/h9-10,13-22,28,32H,5-8,11-12,23-24H2,1-4H3,(H,35,39)/t32-/m0/s1. The Labute approximate surface area is 256 Å². The number of nitrogens with one attached hydrogen (secondary N) is 1. The minimum absolute atomic E-state index is 0.0824. The van der Waals surface area contributed by atoms with Crippen molar-refractivity contribution in [1.82, 2.24) is 10.2 Å². The predicted molar refractivity (Wildman–Crippen MR) is 170 cm³/mol. The third-order valence-electron chi connectivity index (χ3n) is 8.03. The number of carbonyl (C=O) groups is 2. The lowest BCUT2D eigenvalue weighted by Crippen LogP contribution is -2.54. The highest BCUT2D eigenvalue weighted by atomic mass is 32.2. The lowest BCUT2D eigenvalue weighted by Gasteiger charge is -2.34. The van der Waals surface area contributed by atoms with Crippen LogP contribution >= 0.6 is 0 Å². The molecule has 0 saturated heterocycles. The Hall–Kier alpha value is -3.85. The van der Waals surface area contributed by atoms with Gasteiger partial charge in [0.05, 0.1) is 17.7 Å². The van der Waals surface area contributed by atoms with E-state index in [-0.39, 0.29) is 23.4 Å². The summed E-state index contributed by atoms with van der Waals surface area (Å²) >= 11 is 0. The molecule has 0 radical (unpaired) electrons. The number of benzene rings is 3. The van der Waals surface area contributed by atoms with Crippen molar-refractivity contribution in [2.75, 3.05) is 18.0 Å². The van der Waals surface area contributed by atoms with Crippen LogP contribution in [0.5, 0.6) is 5.75 Å². The molecule has 1 fully saturated rings. The van der Waals surface area contributed by atoms with E-state index in [0.29, 0.717) is 17.9 Å². The molecule has 0 bridgehead atoms. The van der Waals surface area contributed by atoms with Crippen molar-refractivity contribution < 1.29 is 22.7 Å². The fraction of sp³-hybridized carbons (Fsp3) is 0.412. The monoisotopic (exact) mass is 605 g/mol. The summed E-state index contributed by atoms with van der Waals surface area (Å²) in [5.41, 5.74) is 2.99. The number of rotatable bonds is 12. The maximum Gasteiger partial charge on any atom is 0.264 e. The molecule has 2 amide bonds. The molecule has 43 heavy (non-hydrogen) atoms. The smallest absolute Gasteiger partial charge is 0.264 e. The third-order valence-corrected chi connectivity index (χ3v) is 9.82. The Morgan fingerprint density at radius 2 is 1.60 bits per heavy atom. The maximum absolute atomic E-state index is 14.3. The molecular formula is C34H43N3O5S. The van der Waals surface area contributed by atoms with E-state index in [2.05, 4.69) is 5.32 Å². The van der Waals surface area contributed by atoms with E-state index >= 15 is 0 Å². The molecule has 4 rings (SSSR count). The van der Waals surface area contributed by atoms with Gasteiger partial charge in [0, 0.05) is 12.6 Å². The van der Waals surface area contributed by atoms with Crippen molar-refractivity contribution in [2.24, 2.45) is 0 Å². The zero-order valence-corrected chi connectivity index (χ0v) is 26.4. The van der Waals surface area contributed by atoms with Gasteiger partial charge in [-0.2, -0.15) is 0 Å². The molecule has 0 heterocycles. The first-order valence-corrected chi connectivity index (χ1v) is 16.4. The van der Waals surface area contributed by atoms with Gasteiger partial charge in [0.15, 0.2) is 0 Å². The SMILES string of the molecule is CC[C@@H](C(=O)NC1CCCCC1)N(Cc1ccc(OC)cc1)C(=O)CN(c1cccc(C)c1)S(=O)(=O)c1ccc(C)cc1. The molecule has 0 aromatic heterocycles. The van der Waals surface area contributed by atoms with Gasteiger partial charge >= 0.3 is 0 Å². The first-order chi connectivity index (χ1) is 20.6. The molecule has 1 saturated carbocycles. The van der Waals surface area contributed by atoms with Crippen molar-refractivity contribution in [3.8, 4) is 5.75 Å². The number of sulfonamides is 1. The Balaban J connectivity index is 1.70. The first kappa shape index (κ1) is 32.1. The lowest BCUT2D eigenvalue weighted by molar-refractivity contribution is -0.140. The number of carbonyl (C=O) groups excluding carboxylic acids is 2. The molecule has 1 aliphatic carbocycles. The van der Waals surface area contributed by atoms with Crippen LogP contribution in [0, 0.1) is 13.8 Å². The van der Waals surface area contributed by atoms with Gasteiger partial charge in [-0.25, -0.2) is 8.42 Å². The van der Waals surface area contributed by atoms with Gasteiger partial charge in [0.25, 0.3) is 10.0 Å². The fourth-order valence-corrected chi connectivity index (χ4v) is 6.95. The van der Waals surface area contributed by atoms with E-state index < -0.39 is 28.5 Å². The van der Waals surface area contributed by atoms with Crippen LogP contribution in [0.25, 0.3) is 0 Å². The van der Waals surface area contributed by atoms with Crippen molar-refractivity contribution >= 4 is 27.5 Å². The largest absolute Gasteiger partial charge is 0.497 e. The number of amides is 2. The average Bonchev–Trinajstić information content (AvgIpc) is 3.00. The second-order valence-electron chi connectivity index (χ2n) is 11.3. The molecule has 1 atom stereocenters. The van der Waals surface area contributed by atoms with E-state index in [9.17, 15) is 18.0 Å². The number of aryl methyl sites for hydroxylation is 2. The Morgan fingerprint density at radius 3 is 2.21 bits per heavy atom. The van der Waals surface area contributed by atoms with Gasteiger partial charge in [0.1, 0.15) is 18.3 Å². The molecule has 3 aromatic rings. The summed E-state index contributed by atoms with van der Waals surface area (Å²) < 4.78 is 34.5. The summed E-state index contributed by atoms with van der Waals surface area (Å²) in [6, 6.07) is 20.3.